The molecule has 0 radical (unpaired) electrons. The first-order chi connectivity index (χ1) is 7.51. The van der Waals surface area contributed by atoms with Gasteiger partial charge in [-0.1, -0.05) is 18.6 Å². The van der Waals surface area contributed by atoms with E-state index in [1.165, 1.54) is 0 Å². The number of rotatable bonds is 7. The fourth-order valence-electron chi connectivity index (χ4n) is 1.08. The Hall–Kier alpha value is -1.36. The maximum atomic E-state index is 11.9. The fourth-order valence-corrected chi connectivity index (χ4v) is 1.08. The normalized spacial score (nSPS) is 14.8. The highest BCUT2D eigenvalue weighted by molar-refractivity contribution is 5.73. The zero-order valence-corrected chi connectivity index (χ0v) is 9.57. The van der Waals surface area contributed by atoms with Crippen molar-refractivity contribution in [1.82, 2.24) is 0 Å². The van der Waals surface area contributed by atoms with E-state index in [0.29, 0.717) is 12.2 Å². The first-order valence-electron chi connectivity index (χ1n) is 5.04. The zero-order valence-electron chi connectivity index (χ0n) is 9.57. The van der Waals surface area contributed by atoms with Crippen LogP contribution in [0.5, 0.6) is 0 Å². The number of carboxylic acid groups (broad SMARTS) is 1. The molecule has 0 spiro atoms. The Kier molecular flexibility index (Phi) is 7.20. The molecule has 0 rings (SSSR count). The SMILES string of the molecule is CCC(=CC=C(C)CC(N)C(=O)O)OCF. The Morgan fingerprint density at radius 3 is 2.62 bits per heavy atom. The van der Waals surface area contributed by atoms with Gasteiger partial charge in [0.15, 0.2) is 0 Å². The van der Waals surface area contributed by atoms with Gasteiger partial charge in [-0.25, -0.2) is 4.39 Å². The van der Waals surface area contributed by atoms with Crippen molar-refractivity contribution < 1.29 is 19.0 Å². The number of carbonyl (C=O) groups is 1. The van der Waals surface area contributed by atoms with Gasteiger partial charge >= 0.3 is 5.97 Å². The summed E-state index contributed by atoms with van der Waals surface area (Å²) in [7, 11) is 0. The molecule has 0 aliphatic heterocycles. The number of nitrogens with two attached hydrogens (primary N) is 1. The predicted molar refractivity (Wildman–Crippen MR) is 59.4 cm³/mol. The van der Waals surface area contributed by atoms with Crippen molar-refractivity contribution in [2.45, 2.75) is 32.7 Å². The number of allylic oxidation sites excluding steroid dienone is 3. The van der Waals surface area contributed by atoms with Crippen molar-refractivity contribution in [3.63, 3.8) is 0 Å². The van der Waals surface area contributed by atoms with E-state index in [1.807, 2.05) is 6.92 Å². The molecule has 4 nitrogen and oxygen atoms in total. The summed E-state index contributed by atoms with van der Waals surface area (Å²) in [5.41, 5.74) is 6.17. The molecule has 0 aromatic carbocycles. The van der Waals surface area contributed by atoms with Crippen LogP contribution < -0.4 is 5.73 Å². The monoisotopic (exact) mass is 231 g/mol. The highest BCUT2D eigenvalue weighted by Crippen LogP contribution is 2.08. The second-order valence-electron chi connectivity index (χ2n) is 3.40. The third-order valence-electron chi connectivity index (χ3n) is 2.00. The average molecular weight is 231 g/mol. The van der Waals surface area contributed by atoms with Gasteiger partial charge in [0.1, 0.15) is 6.04 Å². The van der Waals surface area contributed by atoms with Crippen LogP contribution in [0.4, 0.5) is 4.39 Å². The molecule has 0 heterocycles. The van der Waals surface area contributed by atoms with Crippen LogP contribution in [-0.2, 0) is 9.53 Å². The molecule has 1 atom stereocenters. The van der Waals surface area contributed by atoms with Gasteiger partial charge in [-0.15, -0.1) is 0 Å². The lowest BCUT2D eigenvalue weighted by atomic mass is 10.1. The molecular formula is C11H18FNO3. The van der Waals surface area contributed by atoms with E-state index in [4.69, 9.17) is 15.6 Å². The summed E-state index contributed by atoms with van der Waals surface area (Å²) < 4.78 is 16.6. The summed E-state index contributed by atoms with van der Waals surface area (Å²) in [4.78, 5) is 10.5. The molecule has 0 saturated carbocycles. The van der Waals surface area contributed by atoms with Gasteiger partial charge in [-0.2, -0.15) is 0 Å². The van der Waals surface area contributed by atoms with E-state index in [2.05, 4.69) is 0 Å². The molecule has 0 aliphatic carbocycles. The van der Waals surface area contributed by atoms with Gasteiger partial charge < -0.3 is 15.6 Å². The molecule has 5 heteroatoms. The highest BCUT2D eigenvalue weighted by atomic mass is 19.1. The molecule has 0 bridgehead atoms. The van der Waals surface area contributed by atoms with Gasteiger partial charge in [-0.3, -0.25) is 4.79 Å². The van der Waals surface area contributed by atoms with E-state index in [0.717, 1.165) is 5.57 Å². The third-order valence-corrected chi connectivity index (χ3v) is 2.00. The Morgan fingerprint density at radius 2 is 2.19 bits per heavy atom. The number of alkyl halides is 1. The molecule has 0 aromatic heterocycles. The maximum absolute atomic E-state index is 11.9. The predicted octanol–water partition coefficient (Wildman–Crippen LogP) is 1.97. The molecule has 0 saturated heterocycles. The van der Waals surface area contributed by atoms with Crippen LogP contribution in [0.3, 0.4) is 0 Å². The van der Waals surface area contributed by atoms with Crippen LogP contribution in [0.25, 0.3) is 0 Å². The molecule has 0 aliphatic rings. The molecule has 92 valence electrons. The highest BCUT2D eigenvalue weighted by Gasteiger charge is 2.10. The molecule has 3 N–H and O–H groups in total. The molecular weight excluding hydrogens is 213 g/mol. The quantitative estimate of drug-likeness (QED) is 0.519. The fraction of sp³-hybridized carbons (Fsp3) is 0.545. The van der Waals surface area contributed by atoms with Gasteiger partial charge in [0.2, 0.25) is 6.86 Å². The van der Waals surface area contributed by atoms with E-state index in [1.54, 1.807) is 19.1 Å². The number of hydrogen-bond acceptors (Lipinski definition) is 3. The number of aliphatic carboxylic acids is 1. The average Bonchev–Trinajstić information content (AvgIpc) is 2.23. The van der Waals surface area contributed by atoms with Gasteiger partial charge in [0, 0.05) is 6.42 Å². The molecule has 0 aromatic rings. The second-order valence-corrected chi connectivity index (χ2v) is 3.40. The van der Waals surface area contributed by atoms with E-state index in [9.17, 15) is 9.18 Å². The first-order valence-corrected chi connectivity index (χ1v) is 5.04. The summed E-state index contributed by atoms with van der Waals surface area (Å²) in [6, 6.07) is -0.906. The second kappa shape index (κ2) is 7.87. The minimum Gasteiger partial charge on any atom is -0.480 e. The number of halogens is 1. The minimum absolute atomic E-state index is 0.262. The smallest absolute Gasteiger partial charge is 0.320 e. The third kappa shape index (κ3) is 6.19. The Labute approximate surface area is 94.6 Å². The molecule has 1 unspecified atom stereocenters. The zero-order chi connectivity index (χ0) is 12.6. The Balaban J connectivity index is 4.35. The van der Waals surface area contributed by atoms with Crippen molar-refractivity contribution in [3.05, 3.63) is 23.5 Å². The van der Waals surface area contributed by atoms with Gasteiger partial charge in [0.05, 0.1) is 5.76 Å². The standard InChI is InChI=1S/C11H18FNO3/c1-3-9(16-7-12)5-4-8(2)6-10(13)11(14)15/h4-5,10H,3,6-7,13H2,1-2H3,(H,14,15). The van der Waals surface area contributed by atoms with Crippen molar-refractivity contribution in [3.8, 4) is 0 Å². The van der Waals surface area contributed by atoms with Crippen LogP contribution in [0, 0.1) is 0 Å². The van der Waals surface area contributed by atoms with Crippen LogP contribution in [0.1, 0.15) is 26.7 Å². The minimum atomic E-state index is -1.03. The van der Waals surface area contributed by atoms with Crippen LogP contribution in [0.15, 0.2) is 23.5 Å². The summed E-state index contributed by atoms with van der Waals surface area (Å²) in [6.45, 7) is 2.75. The lowest BCUT2D eigenvalue weighted by molar-refractivity contribution is -0.138. The topological polar surface area (TPSA) is 72.6 Å². The summed E-state index contributed by atoms with van der Waals surface area (Å²) in [5.74, 6) is -0.516. The molecule has 16 heavy (non-hydrogen) atoms. The largest absolute Gasteiger partial charge is 0.480 e. The van der Waals surface area contributed by atoms with Crippen molar-refractivity contribution in [1.29, 1.82) is 0 Å². The lowest BCUT2D eigenvalue weighted by Gasteiger charge is -2.06. The lowest BCUT2D eigenvalue weighted by Crippen LogP contribution is -2.30. The first kappa shape index (κ1) is 14.6. The maximum Gasteiger partial charge on any atom is 0.320 e. The molecule has 0 amide bonds. The van der Waals surface area contributed by atoms with E-state index >= 15 is 0 Å². The van der Waals surface area contributed by atoms with E-state index in [-0.39, 0.29) is 6.42 Å². The van der Waals surface area contributed by atoms with Crippen molar-refractivity contribution >= 4 is 5.97 Å². The van der Waals surface area contributed by atoms with Gasteiger partial charge in [-0.05, 0) is 19.4 Å². The van der Waals surface area contributed by atoms with Crippen LogP contribution >= 0.6 is 0 Å². The number of hydrogen-bond donors (Lipinski definition) is 2. The van der Waals surface area contributed by atoms with Crippen molar-refractivity contribution in [2.75, 3.05) is 6.86 Å². The summed E-state index contributed by atoms with van der Waals surface area (Å²) in [5, 5.41) is 8.60. The summed E-state index contributed by atoms with van der Waals surface area (Å²) >= 11 is 0. The Morgan fingerprint density at radius 1 is 1.56 bits per heavy atom. The van der Waals surface area contributed by atoms with Crippen LogP contribution in [-0.4, -0.2) is 24.0 Å². The van der Waals surface area contributed by atoms with Gasteiger partial charge in [0.25, 0.3) is 0 Å². The van der Waals surface area contributed by atoms with Crippen molar-refractivity contribution in [2.24, 2.45) is 5.73 Å². The number of carboxylic acids is 1. The summed E-state index contributed by atoms with van der Waals surface area (Å²) in [6.07, 6.45) is 4.16. The van der Waals surface area contributed by atoms with E-state index < -0.39 is 18.9 Å². The molecule has 0 fully saturated rings. The Bertz CT molecular complexity index is 287. The number of ether oxygens (including phenoxy) is 1. The van der Waals surface area contributed by atoms with Crippen LogP contribution in [0.2, 0.25) is 0 Å².